The second kappa shape index (κ2) is 6.16. The van der Waals surface area contributed by atoms with Gasteiger partial charge in [-0.1, -0.05) is 23.7 Å². The van der Waals surface area contributed by atoms with Crippen molar-refractivity contribution in [1.82, 2.24) is 4.90 Å². The highest BCUT2D eigenvalue weighted by Crippen LogP contribution is 2.24. The first-order chi connectivity index (χ1) is 9.09. The summed E-state index contributed by atoms with van der Waals surface area (Å²) in [6.07, 6.45) is 0. The van der Waals surface area contributed by atoms with Crippen LogP contribution in [0.25, 0.3) is 0 Å². The van der Waals surface area contributed by atoms with E-state index in [-0.39, 0.29) is 12.5 Å². The number of nitrogens with zero attached hydrogens (tertiary/aromatic N) is 1. The third kappa shape index (κ3) is 3.33. The average Bonchev–Trinajstić information content (AvgIpc) is 2.87. The number of carbonyl (C=O) groups excluding carboxylic acids is 1. The first-order valence-electron chi connectivity index (χ1n) is 5.57. The molecule has 102 valence electrons. The fourth-order valence-electron chi connectivity index (χ4n) is 1.68. The molecule has 19 heavy (non-hydrogen) atoms. The van der Waals surface area contributed by atoms with E-state index >= 15 is 0 Å². The fraction of sp³-hybridized carbons (Fsp3) is 0.333. The van der Waals surface area contributed by atoms with Crippen LogP contribution in [0.1, 0.15) is 0 Å². The Labute approximate surface area is 119 Å². The first-order valence-corrected chi connectivity index (χ1v) is 7.10. The van der Waals surface area contributed by atoms with Gasteiger partial charge in [0, 0.05) is 5.75 Å². The third-order valence-electron chi connectivity index (χ3n) is 2.68. The van der Waals surface area contributed by atoms with Gasteiger partial charge in [0.2, 0.25) is 0 Å². The monoisotopic (exact) mass is 301 g/mol. The molecule has 1 amide bonds. The smallest absolute Gasteiger partial charge is 0.327 e. The van der Waals surface area contributed by atoms with E-state index in [1.54, 1.807) is 24.3 Å². The lowest BCUT2D eigenvalue weighted by molar-refractivity contribution is -0.148. The number of rotatable bonds is 4. The van der Waals surface area contributed by atoms with E-state index in [9.17, 15) is 9.59 Å². The average molecular weight is 302 g/mol. The lowest BCUT2D eigenvalue weighted by Gasteiger charge is -2.20. The van der Waals surface area contributed by atoms with Gasteiger partial charge in [-0.2, -0.15) is 0 Å². The minimum atomic E-state index is -0.990. The van der Waals surface area contributed by atoms with Crippen LogP contribution in [0.5, 0.6) is 5.75 Å². The molecule has 1 aromatic rings. The van der Waals surface area contributed by atoms with Crippen LogP contribution < -0.4 is 4.74 Å². The molecule has 7 heteroatoms. The quantitative estimate of drug-likeness (QED) is 0.917. The molecule has 0 spiro atoms. The fourth-order valence-corrected chi connectivity index (χ4v) is 3.04. The van der Waals surface area contributed by atoms with Gasteiger partial charge in [0.05, 0.1) is 10.9 Å². The molecule has 0 radical (unpaired) electrons. The molecular formula is C12H12ClNO4S. The summed E-state index contributed by atoms with van der Waals surface area (Å²) < 4.78 is 5.31. The molecule has 1 atom stereocenters. The van der Waals surface area contributed by atoms with Crippen molar-refractivity contribution in [2.75, 3.05) is 18.2 Å². The molecule has 0 aromatic heterocycles. The third-order valence-corrected chi connectivity index (χ3v) is 4.00. The van der Waals surface area contributed by atoms with Gasteiger partial charge in [0.15, 0.2) is 6.61 Å². The largest absolute Gasteiger partial charge is 0.482 e. The van der Waals surface area contributed by atoms with Gasteiger partial charge < -0.3 is 14.7 Å². The van der Waals surface area contributed by atoms with E-state index in [0.29, 0.717) is 22.4 Å². The Balaban J connectivity index is 1.95. The highest BCUT2D eigenvalue weighted by atomic mass is 35.5. The zero-order valence-corrected chi connectivity index (χ0v) is 11.5. The molecule has 1 fully saturated rings. The summed E-state index contributed by atoms with van der Waals surface area (Å²) in [7, 11) is 0. The number of benzene rings is 1. The number of carbonyl (C=O) groups is 2. The summed E-state index contributed by atoms with van der Waals surface area (Å²) in [5, 5.41) is 9.41. The van der Waals surface area contributed by atoms with Crippen LogP contribution in [-0.4, -0.2) is 46.2 Å². The van der Waals surface area contributed by atoms with E-state index in [1.807, 2.05) is 0 Å². The van der Waals surface area contributed by atoms with E-state index in [0.717, 1.165) is 0 Å². The van der Waals surface area contributed by atoms with Crippen molar-refractivity contribution >= 4 is 35.2 Å². The number of thioether (sulfide) groups is 1. The number of hydrogen-bond acceptors (Lipinski definition) is 4. The van der Waals surface area contributed by atoms with Crippen LogP contribution >= 0.6 is 23.4 Å². The number of aliphatic carboxylic acids is 1. The van der Waals surface area contributed by atoms with Gasteiger partial charge in [-0.15, -0.1) is 11.8 Å². The minimum Gasteiger partial charge on any atom is -0.482 e. The molecular weight excluding hydrogens is 290 g/mol. The summed E-state index contributed by atoms with van der Waals surface area (Å²) in [6.45, 7) is -0.214. The molecule has 0 bridgehead atoms. The normalized spacial score (nSPS) is 18.4. The Hall–Kier alpha value is -1.40. The Morgan fingerprint density at radius 2 is 2.21 bits per heavy atom. The van der Waals surface area contributed by atoms with Gasteiger partial charge in [0.25, 0.3) is 5.91 Å². The van der Waals surface area contributed by atoms with Gasteiger partial charge in [-0.25, -0.2) is 4.79 Å². The number of halogens is 1. The van der Waals surface area contributed by atoms with Crippen LogP contribution in [0.3, 0.4) is 0 Å². The zero-order valence-electron chi connectivity index (χ0n) is 9.91. The number of amides is 1. The molecule has 0 aliphatic carbocycles. The van der Waals surface area contributed by atoms with Crippen molar-refractivity contribution in [2.24, 2.45) is 0 Å². The lowest BCUT2D eigenvalue weighted by atomic mass is 10.3. The maximum Gasteiger partial charge on any atom is 0.327 e. The molecule has 1 unspecified atom stereocenters. The Morgan fingerprint density at radius 3 is 2.89 bits per heavy atom. The highest BCUT2D eigenvalue weighted by Gasteiger charge is 2.34. The number of hydrogen-bond donors (Lipinski definition) is 1. The van der Waals surface area contributed by atoms with E-state index in [4.69, 9.17) is 21.4 Å². The second-order valence-electron chi connectivity index (χ2n) is 3.94. The zero-order chi connectivity index (χ0) is 13.8. The predicted octanol–water partition coefficient (Wildman–Crippen LogP) is 1.70. The number of carboxylic acids is 1. The first kappa shape index (κ1) is 14.0. The van der Waals surface area contributed by atoms with Crippen LogP contribution in [0.4, 0.5) is 0 Å². The summed E-state index contributed by atoms with van der Waals surface area (Å²) in [5.74, 6) is -0.140. The number of carboxylic acid groups (broad SMARTS) is 1. The van der Waals surface area contributed by atoms with E-state index in [1.165, 1.54) is 16.7 Å². The topological polar surface area (TPSA) is 66.8 Å². The van der Waals surface area contributed by atoms with E-state index < -0.39 is 12.0 Å². The Morgan fingerprint density at radius 1 is 1.47 bits per heavy atom. The molecule has 2 rings (SSSR count). The molecule has 1 heterocycles. The summed E-state index contributed by atoms with van der Waals surface area (Å²) in [5.41, 5.74) is 0. The van der Waals surface area contributed by atoms with E-state index in [2.05, 4.69) is 0 Å². The number of para-hydroxylation sites is 1. The molecule has 1 N–H and O–H groups in total. The molecule has 1 aliphatic rings. The van der Waals surface area contributed by atoms with Crippen LogP contribution in [0.15, 0.2) is 24.3 Å². The Kier molecular flexibility index (Phi) is 4.55. The summed E-state index contributed by atoms with van der Waals surface area (Å²) >= 11 is 7.31. The highest BCUT2D eigenvalue weighted by molar-refractivity contribution is 7.99. The molecule has 1 aromatic carbocycles. The maximum absolute atomic E-state index is 11.9. The van der Waals surface area contributed by atoms with Crippen LogP contribution in [0.2, 0.25) is 5.02 Å². The van der Waals surface area contributed by atoms with Crippen molar-refractivity contribution < 1.29 is 19.4 Å². The molecule has 5 nitrogen and oxygen atoms in total. The van der Waals surface area contributed by atoms with Crippen molar-refractivity contribution in [3.8, 4) is 5.75 Å². The predicted molar refractivity (Wildman–Crippen MR) is 72.5 cm³/mol. The SMILES string of the molecule is O=C(O)C1CSCN1C(=O)COc1ccccc1Cl. The van der Waals surface area contributed by atoms with Crippen molar-refractivity contribution in [1.29, 1.82) is 0 Å². The van der Waals surface area contributed by atoms with Gasteiger partial charge in [-0.05, 0) is 12.1 Å². The Bertz CT molecular complexity index is 496. The second-order valence-corrected chi connectivity index (χ2v) is 5.34. The van der Waals surface area contributed by atoms with Gasteiger partial charge >= 0.3 is 5.97 Å². The maximum atomic E-state index is 11.9. The van der Waals surface area contributed by atoms with Crippen molar-refractivity contribution in [3.05, 3.63) is 29.3 Å². The standard InChI is InChI=1S/C12H12ClNO4S/c13-8-3-1-2-4-10(8)18-5-11(15)14-7-19-6-9(14)12(16)17/h1-4,9H,5-7H2,(H,16,17). The lowest BCUT2D eigenvalue weighted by Crippen LogP contribution is -2.43. The van der Waals surface area contributed by atoms with Gasteiger partial charge in [0.1, 0.15) is 11.8 Å². The summed E-state index contributed by atoms with van der Waals surface area (Å²) in [4.78, 5) is 24.2. The molecule has 1 saturated heterocycles. The molecule has 0 saturated carbocycles. The number of ether oxygens (including phenoxy) is 1. The van der Waals surface area contributed by atoms with Gasteiger partial charge in [-0.3, -0.25) is 4.79 Å². The molecule has 1 aliphatic heterocycles. The van der Waals surface area contributed by atoms with Crippen LogP contribution in [-0.2, 0) is 9.59 Å². The van der Waals surface area contributed by atoms with Crippen molar-refractivity contribution in [2.45, 2.75) is 6.04 Å². The van der Waals surface area contributed by atoms with Crippen molar-refractivity contribution in [3.63, 3.8) is 0 Å². The summed E-state index contributed by atoms with van der Waals surface area (Å²) in [6, 6.07) is 6.05. The van der Waals surface area contributed by atoms with Crippen LogP contribution in [0, 0.1) is 0 Å². The minimum absolute atomic E-state index is 0.214.